The minimum absolute atomic E-state index is 0.0634. The second-order valence-corrected chi connectivity index (χ2v) is 7.97. The van der Waals surface area contributed by atoms with E-state index in [9.17, 15) is 9.59 Å². The summed E-state index contributed by atoms with van der Waals surface area (Å²) >= 11 is 7.24. The Labute approximate surface area is 187 Å². The van der Waals surface area contributed by atoms with Crippen LogP contribution in [0.2, 0.25) is 5.02 Å². The molecule has 0 unspecified atom stereocenters. The Bertz CT molecular complexity index is 1290. The molecule has 4 aromatic rings. The number of anilines is 1. The van der Waals surface area contributed by atoms with E-state index >= 15 is 0 Å². The fraction of sp³-hybridized carbons (Fsp3) is 0.136. The van der Waals surface area contributed by atoms with Crippen molar-refractivity contribution < 1.29 is 13.9 Å². The zero-order chi connectivity index (χ0) is 21.8. The molecule has 2 aromatic carbocycles. The first kappa shape index (κ1) is 21.0. The van der Waals surface area contributed by atoms with E-state index in [4.69, 9.17) is 20.8 Å². The number of methoxy groups -OCH3 is 1. The summed E-state index contributed by atoms with van der Waals surface area (Å²) in [5.74, 6) is 1.09. The number of halogens is 1. The fourth-order valence-corrected chi connectivity index (χ4v) is 3.97. The second-order valence-electron chi connectivity index (χ2n) is 6.60. The molecule has 0 spiro atoms. The number of carbonyl (C=O) groups excluding carboxylic acids is 1. The summed E-state index contributed by atoms with van der Waals surface area (Å²) in [5.41, 5.74) is 0.869. The Morgan fingerprint density at radius 1 is 1.23 bits per heavy atom. The number of hydrogen-bond donors (Lipinski definition) is 1. The molecule has 0 aliphatic rings. The molecule has 1 amide bonds. The minimum Gasteiger partial charge on any atom is -0.497 e. The number of benzene rings is 2. The van der Waals surface area contributed by atoms with Gasteiger partial charge in [0, 0.05) is 16.8 Å². The number of carbonyl (C=O) groups is 1. The standard InChI is InChI=1S/C22H18ClN3O4S/c1-29-16-5-2-4-15(11-16)24-20(27)13-31-22-25-19-10-14(23)7-8-18(19)21(28)26(22)12-17-6-3-9-30-17/h2-11H,12-13H2,1H3,(H,24,27). The summed E-state index contributed by atoms with van der Waals surface area (Å²) in [6.45, 7) is 0.206. The monoisotopic (exact) mass is 455 g/mol. The summed E-state index contributed by atoms with van der Waals surface area (Å²) in [7, 11) is 1.56. The normalized spacial score (nSPS) is 10.9. The van der Waals surface area contributed by atoms with Gasteiger partial charge in [0.25, 0.3) is 5.56 Å². The molecule has 0 atom stereocenters. The van der Waals surface area contributed by atoms with E-state index in [1.54, 1.807) is 68.0 Å². The molecular weight excluding hydrogens is 438 g/mol. The number of hydrogen-bond acceptors (Lipinski definition) is 6. The lowest BCUT2D eigenvalue weighted by Gasteiger charge is -2.12. The summed E-state index contributed by atoms with van der Waals surface area (Å²) in [5, 5.41) is 4.15. The van der Waals surface area contributed by atoms with E-state index < -0.39 is 0 Å². The third-order valence-electron chi connectivity index (χ3n) is 4.46. The van der Waals surface area contributed by atoms with Gasteiger partial charge in [0.05, 0.1) is 36.6 Å². The van der Waals surface area contributed by atoms with E-state index in [1.807, 2.05) is 0 Å². The van der Waals surface area contributed by atoms with Crippen LogP contribution in [0.1, 0.15) is 5.76 Å². The number of fused-ring (bicyclic) bond motifs is 1. The van der Waals surface area contributed by atoms with Gasteiger partial charge in [-0.05, 0) is 42.5 Å². The topological polar surface area (TPSA) is 86.4 Å². The number of rotatable bonds is 7. The van der Waals surface area contributed by atoms with E-state index in [2.05, 4.69) is 10.3 Å². The van der Waals surface area contributed by atoms with Crippen molar-refractivity contribution in [3.63, 3.8) is 0 Å². The maximum absolute atomic E-state index is 13.1. The number of aromatic nitrogens is 2. The van der Waals surface area contributed by atoms with Crippen LogP contribution < -0.4 is 15.6 Å². The highest BCUT2D eigenvalue weighted by Crippen LogP contribution is 2.22. The van der Waals surface area contributed by atoms with Gasteiger partial charge in [-0.3, -0.25) is 14.2 Å². The van der Waals surface area contributed by atoms with Gasteiger partial charge in [0.1, 0.15) is 11.5 Å². The maximum atomic E-state index is 13.1. The zero-order valence-corrected chi connectivity index (χ0v) is 18.1. The van der Waals surface area contributed by atoms with E-state index in [0.717, 1.165) is 11.8 Å². The molecule has 158 valence electrons. The number of furan rings is 1. The van der Waals surface area contributed by atoms with Crippen LogP contribution in [0.4, 0.5) is 5.69 Å². The van der Waals surface area contributed by atoms with Crippen molar-refractivity contribution in [2.45, 2.75) is 11.7 Å². The van der Waals surface area contributed by atoms with Crippen LogP contribution in [0.3, 0.4) is 0 Å². The average molecular weight is 456 g/mol. The minimum atomic E-state index is -0.233. The van der Waals surface area contributed by atoms with Crippen molar-refractivity contribution >= 4 is 45.9 Å². The van der Waals surface area contributed by atoms with Crippen LogP contribution in [0, 0.1) is 0 Å². The second kappa shape index (κ2) is 9.28. The van der Waals surface area contributed by atoms with Gasteiger partial charge in [0.2, 0.25) is 5.91 Å². The number of thioether (sulfide) groups is 1. The van der Waals surface area contributed by atoms with Crippen LogP contribution >= 0.6 is 23.4 Å². The molecule has 7 nitrogen and oxygen atoms in total. The summed E-state index contributed by atoms with van der Waals surface area (Å²) in [6.07, 6.45) is 1.54. The van der Waals surface area contributed by atoms with Crippen molar-refractivity contribution in [3.8, 4) is 5.75 Å². The quantitative estimate of drug-likeness (QED) is 0.327. The van der Waals surface area contributed by atoms with E-state index in [0.29, 0.717) is 38.3 Å². The first-order valence-electron chi connectivity index (χ1n) is 9.32. The van der Waals surface area contributed by atoms with Gasteiger partial charge in [-0.2, -0.15) is 0 Å². The van der Waals surface area contributed by atoms with Gasteiger partial charge < -0.3 is 14.5 Å². The Morgan fingerprint density at radius 3 is 2.87 bits per heavy atom. The van der Waals surface area contributed by atoms with Crippen LogP contribution in [-0.2, 0) is 11.3 Å². The van der Waals surface area contributed by atoms with Gasteiger partial charge in [-0.15, -0.1) is 0 Å². The van der Waals surface area contributed by atoms with Gasteiger partial charge in [-0.1, -0.05) is 29.4 Å². The van der Waals surface area contributed by atoms with Crippen molar-refractivity contribution in [1.82, 2.24) is 9.55 Å². The molecule has 2 aromatic heterocycles. The Kier molecular flexibility index (Phi) is 6.29. The Balaban J connectivity index is 1.60. The summed E-state index contributed by atoms with van der Waals surface area (Å²) in [4.78, 5) is 30.2. The first-order valence-corrected chi connectivity index (χ1v) is 10.7. The van der Waals surface area contributed by atoms with Crippen molar-refractivity contribution in [3.05, 3.63) is 82.0 Å². The first-order chi connectivity index (χ1) is 15.0. The predicted molar refractivity (Wildman–Crippen MR) is 121 cm³/mol. The molecule has 2 heterocycles. The van der Waals surface area contributed by atoms with Crippen molar-refractivity contribution in [2.75, 3.05) is 18.2 Å². The average Bonchev–Trinajstić information content (AvgIpc) is 3.28. The Morgan fingerprint density at radius 2 is 2.10 bits per heavy atom. The molecule has 0 fully saturated rings. The molecule has 0 aliphatic heterocycles. The van der Waals surface area contributed by atoms with Crippen molar-refractivity contribution in [1.29, 1.82) is 0 Å². The lowest BCUT2D eigenvalue weighted by molar-refractivity contribution is -0.113. The molecule has 31 heavy (non-hydrogen) atoms. The summed E-state index contributed by atoms with van der Waals surface area (Å²) in [6, 6.07) is 15.6. The highest BCUT2D eigenvalue weighted by Gasteiger charge is 2.15. The highest BCUT2D eigenvalue weighted by molar-refractivity contribution is 7.99. The molecule has 9 heteroatoms. The SMILES string of the molecule is COc1cccc(NC(=O)CSc2nc3cc(Cl)ccc3c(=O)n2Cc2ccco2)c1. The molecule has 0 aliphatic carbocycles. The van der Waals surface area contributed by atoms with E-state index in [-0.39, 0.29) is 23.8 Å². The predicted octanol–water partition coefficient (Wildman–Crippen LogP) is 4.43. The fourth-order valence-electron chi connectivity index (χ4n) is 3.01. The lowest BCUT2D eigenvalue weighted by Crippen LogP contribution is -2.24. The molecule has 0 saturated carbocycles. The number of amides is 1. The molecule has 1 N–H and O–H groups in total. The van der Waals surface area contributed by atoms with Crippen LogP contribution in [-0.4, -0.2) is 28.3 Å². The van der Waals surface area contributed by atoms with Crippen LogP contribution in [0.25, 0.3) is 10.9 Å². The zero-order valence-electron chi connectivity index (χ0n) is 16.5. The molecule has 4 rings (SSSR count). The maximum Gasteiger partial charge on any atom is 0.262 e. The number of nitrogens with one attached hydrogen (secondary N) is 1. The lowest BCUT2D eigenvalue weighted by atomic mass is 10.2. The van der Waals surface area contributed by atoms with Crippen molar-refractivity contribution in [2.24, 2.45) is 0 Å². The highest BCUT2D eigenvalue weighted by atomic mass is 35.5. The van der Waals surface area contributed by atoms with Gasteiger partial charge in [0.15, 0.2) is 5.16 Å². The molecule has 0 radical (unpaired) electrons. The van der Waals surface area contributed by atoms with Gasteiger partial charge >= 0.3 is 0 Å². The van der Waals surface area contributed by atoms with Crippen LogP contribution in [0.15, 0.2) is 75.2 Å². The molecule has 0 saturated heterocycles. The summed E-state index contributed by atoms with van der Waals surface area (Å²) < 4.78 is 12.1. The van der Waals surface area contributed by atoms with Gasteiger partial charge in [-0.25, -0.2) is 4.98 Å². The van der Waals surface area contributed by atoms with E-state index in [1.165, 1.54) is 4.57 Å². The third kappa shape index (κ3) is 4.92. The third-order valence-corrected chi connectivity index (χ3v) is 5.67. The molecular formula is C22H18ClN3O4S. The largest absolute Gasteiger partial charge is 0.497 e. The Hall–Kier alpha value is -3.23. The number of ether oxygens (including phenoxy) is 1. The number of nitrogens with zero attached hydrogens (tertiary/aromatic N) is 2. The molecule has 0 bridgehead atoms. The smallest absolute Gasteiger partial charge is 0.262 e. The van der Waals surface area contributed by atoms with Crippen LogP contribution in [0.5, 0.6) is 5.75 Å².